The Morgan fingerprint density at radius 3 is 1.96 bits per heavy atom. The number of rotatable bonds is 4. The Bertz CT molecular complexity index is 874. The van der Waals surface area contributed by atoms with Crippen molar-refractivity contribution in [1.29, 1.82) is 0 Å². The van der Waals surface area contributed by atoms with Crippen LogP contribution in [-0.4, -0.2) is 24.6 Å². The van der Waals surface area contributed by atoms with Crippen LogP contribution in [0.25, 0.3) is 0 Å². The molecular formula is C22H28N2O3. The van der Waals surface area contributed by atoms with Gasteiger partial charge in [-0.15, -0.1) is 0 Å². The van der Waals surface area contributed by atoms with Crippen LogP contribution in [0.5, 0.6) is 0 Å². The second-order valence-electron chi connectivity index (χ2n) is 6.97. The molecule has 144 valence electrons. The fraction of sp³-hybridized carbons (Fsp3) is 0.318. The molecule has 0 aromatic heterocycles. The van der Waals surface area contributed by atoms with Crippen molar-refractivity contribution in [1.82, 2.24) is 0 Å². The molecular weight excluding hydrogens is 340 g/mol. The van der Waals surface area contributed by atoms with Crippen LogP contribution in [-0.2, 0) is 0 Å². The van der Waals surface area contributed by atoms with Gasteiger partial charge in [0.2, 0.25) is 0 Å². The lowest BCUT2D eigenvalue weighted by Gasteiger charge is -2.15. The first kappa shape index (κ1) is 20.5. The second kappa shape index (κ2) is 8.27. The Morgan fingerprint density at radius 1 is 0.889 bits per heavy atom. The van der Waals surface area contributed by atoms with E-state index in [-0.39, 0.29) is 24.9 Å². The minimum atomic E-state index is -0.379. The summed E-state index contributed by atoms with van der Waals surface area (Å²) in [7, 11) is 1.50. The summed E-state index contributed by atoms with van der Waals surface area (Å²) in [4.78, 5) is 38.8. The van der Waals surface area contributed by atoms with Gasteiger partial charge in [-0.25, -0.2) is 4.90 Å². The van der Waals surface area contributed by atoms with E-state index in [0.29, 0.717) is 28.3 Å². The Hall–Kier alpha value is -2.79. The standard InChI is InChI=1S/C21H21NO3.CH5N.H2/c1-12(2)14-5-8-16(9-6-14)22-20(24)17-10-7-15(19(23)13(3)4)11-18(17)21(22)25;1-2;/h5-13H,1-4H3;2H2,1H3;1H. The van der Waals surface area contributed by atoms with E-state index < -0.39 is 0 Å². The van der Waals surface area contributed by atoms with Crippen molar-refractivity contribution in [3.63, 3.8) is 0 Å². The summed E-state index contributed by atoms with van der Waals surface area (Å²) in [5.41, 5.74) is 7.30. The Kier molecular flexibility index (Phi) is 6.28. The van der Waals surface area contributed by atoms with Gasteiger partial charge in [0.25, 0.3) is 11.8 Å². The van der Waals surface area contributed by atoms with Gasteiger partial charge in [0, 0.05) is 12.9 Å². The maximum atomic E-state index is 12.8. The molecule has 0 bridgehead atoms. The molecule has 0 spiro atoms. The zero-order valence-corrected chi connectivity index (χ0v) is 16.4. The lowest BCUT2D eigenvalue weighted by atomic mass is 9.97. The number of carbonyl (C=O) groups is 3. The summed E-state index contributed by atoms with van der Waals surface area (Å²) < 4.78 is 0. The normalized spacial score (nSPS) is 13.0. The van der Waals surface area contributed by atoms with Gasteiger partial charge in [0.15, 0.2) is 5.78 Å². The van der Waals surface area contributed by atoms with Crippen LogP contribution in [0.4, 0.5) is 5.69 Å². The maximum Gasteiger partial charge on any atom is 0.266 e. The largest absolute Gasteiger partial charge is 0.333 e. The molecule has 5 heteroatoms. The third kappa shape index (κ3) is 3.83. The van der Waals surface area contributed by atoms with Crippen molar-refractivity contribution in [3.8, 4) is 0 Å². The maximum absolute atomic E-state index is 12.8. The summed E-state index contributed by atoms with van der Waals surface area (Å²) in [6.07, 6.45) is 0. The molecule has 1 heterocycles. The van der Waals surface area contributed by atoms with E-state index in [1.165, 1.54) is 11.9 Å². The summed E-state index contributed by atoms with van der Waals surface area (Å²) in [6.45, 7) is 7.80. The van der Waals surface area contributed by atoms with E-state index >= 15 is 0 Å². The molecule has 0 saturated carbocycles. The number of fused-ring (bicyclic) bond motifs is 1. The fourth-order valence-corrected chi connectivity index (χ4v) is 2.97. The Balaban J connectivity index is 0.00000127. The predicted octanol–water partition coefficient (Wildman–Crippen LogP) is 4.27. The van der Waals surface area contributed by atoms with E-state index in [1.807, 2.05) is 26.0 Å². The summed E-state index contributed by atoms with van der Waals surface area (Å²) in [6, 6.07) is 12.2. The van der Waals surface area contributed by atoms with Crippen LogP contribution in [0.1, 0.15) is 71.7 Å². The van der Waals surface area contributed by atoms with E-state index in [2.05, 4.69) is 19.6 Å². The van der Waals surface area contributed by atoms with Gasteiger partial charge >= 0.3 is 0 Å². The van der Waals surface area contributed by atoms with Crippen molar-refractivity contribution >= 4 is 23.3 Å². The molecule has 0 unspecified atom stereocenters. The van der Waals surface area contributed by atoms with Gasteiger partial charge in [-0.2, -0.15) is 0 Å². The average Bonchev–Trinajstić information content (AvgIpc) is 2.93. The first-order chi connectivity index (χ1) is 12.8. The molecule has 2 amide bonds. The zero-order valence-electron chi connectivity index (χ0n) is 16.4. The molecule has 0 fully saturated rings. The number of Topliss-reactive ketones (excluding diaryl/α,β-unsaturated/α-hetero) is 1. The highest BCUT2D eigenvalue weighted by Crippen LogP contribution is 2.30. The lowest BCUT2D eigenvalue weighted by Crippen LogP contribution is -2.29. The quantitative estimate of drug-likeness (QED) is 0.645. The van der Waals surface area contributed by atoms with Gasteiger partial charge in [0.05, 0.1) is 16.8 Å². The smallest absolute Gasteiger partial charge is 0.266 e. The minimum Gasteiger partial charge on any atom is -0.333 e. The summed E-state index contributed by atoms with van der Waals surface area (Å²) in [5, 5.41) is 0. The number of amides is 2. The highest BCUT2D eigenvalue weighted by Gasteiger charge is 2.37. The predicted molar refractivity (Wildman–Crippen MR) is 110 cm³/mol. The van der Waals surface area contributed by atoms with Crippen LogP contribution >= 0.6 is 0 Å². The molecule has 1 aliphatic rings. The third-order valence-electron chi connectivity index (χ3n) is 4.51. The van der Waals surface area contributed by atoms with Crippen molar-refractivity contribution in [3.05, 3.63) is 64.7 Å². The monoisotopic (exact) mass is 368 g/mol. The van der Waals surface area contributed by atoms with Gasteiger partial charge in [-0.3, -0.25) is 14.4 Å². The molecule has 5 nitrogen and oxygen atoms in total. The number of ketones is 1. The molecule has 2 aromatic carbocycles. The lowest BCUT2D eigenvalue weighted by molar-refractivity contribution is 0.0922. The molecule has 2 aromatic rings. The van der Waals surface area contributed by atoms with Gasteiger partial charge in [-0.05, 0) is 42.8 Å². The number of hydrogen-bond donors (Lipinski definition) is 1. The van der Waals surface area contributed by atoms with Crippen molar-refractivity contribution < 1.29 is 15.8 Å². The SMILES string of the molecule is CC(C)C(=O)c1ccc2c(c1)C(=O)N(c1ccc(C(C)C)cc1)C2=O.CN.[HH]. The number of imide groups is 1. The van der Waals surface area contributed by atoms with Crippen molar-refractivity contribution in [2.75, 3.05) is 11.9 Å². The number of benzene rings is 2. The van der Waals surface area contributed by atoms with Crippen LogP contribution in [0.3, 0.4) is 0 Å². The number of hydrogen-bond acceptors (Lipinski definition) is 4. The van der Waals surface area contributed by atoms with E-state index in [9.17, 15) is 14.4 Å². The molecule has 2 N–H and O–H groups in total. The number of anilines is 1. The molecule has 27 heavy (non-hydrogen) atoms. The molecule has 0 aliphatic carbocycles. The topological polar surface area (TPSA) is 80.5 Å². The van der Waals surface area contributed by atoms with Crippen molar-refractivity contribution in [2.45, 2.75) is 33.6 Å². The average molecular weight is 368 g/mol. The highest BCUT2D eigenvalue weighted by molar-refractivity contribution is 6.34. The zero-order chi connectivity index (χ0) is 20.3. The summed E-state index contributed by atoms with van der Waals surface area (Å²) in [5.74, 6) is -0.551. The fourth-order valence-electron chi connectivity index (χ4n) is 2.97. The molecule has 3 rings (SSSR count). The molecule has 0 radical (unpaired) electrons. The number of carbonyl (C=O) groups excluding carboxylic acids is 3. The first-order valence-corrected chi connectivity index (χ1v) is 9.06. The van der Waals surface area contributed by atoms with Crippen LogP contribution in [0.15, 0.2) is 42.5 Å². The van der Waals surface area contributed by atoms with Gasteiger partial charge in [0.1, 0.15) is 0 Å². The van der Waals surface area contributed by atoms with Gasteiger partial charge < -0.3 is 5.73 Å². The van der Waals surface area contributed by atoms with Crippen molar-refractivity contribution in [2.24, 2.45) is 11.7 Å². The number of nitrogens with zero attached hydrogens (tertiary/aromatic N) is 1. The third-order valence-corrected chi connectivity index (χ3v) is 4.51. The Labute approximate surface area is 161 Å². The van der Waals surface area contributed by atoms with E-state index in [1.54, 1.807) is 30.3 Å². The van der Waals surface area contributed by atoms with Crippen LogP contribution in [0, 0.1) is 5.92 Å². The molecule has 0 saturated heterocycles. The highest BCUT2D eigenvalue weighted by atomic mass is 16.2. The van der Waals surface area contributed by atoms with E-state index in [4.69, 9.17) is 0 Å². The first-order valence-electron chi connectivity index (χ1n) is 9.06. The molecule has 1 aliphatic heterocycles. The van der Waals surface area contributed by atoms with Crippen LogP contribution < -0.4 is 10.6 Å². The molecule has 0 atom stereocenters. The minimum absolute atomic E-state index is 0. The summed E-state index contributed by atoms with van der Waals surface area (Å²) >= 11 is 0. The van der Waals surface area contributed by atoms with Crippen LogP contribution in [0.2, 0.25) is 0 Å². The second-order valence-corrected chi connectivity index (χ2v) is 6.97. The Morgan fingerprint density at radius 2 is 1.44 bits per heavy atom. The van der Waals surface area contributed by atoms with E-state index in [0.717, 1.165) is 5.56 Å². The number of nitrogens with two attached hydrogens (primary N) is 1. The van der Waals surface area contributed by atoms with Gasteiger partial charge in [-0.1, -0.05) is 45.9 Å².